The summed E-state index contributed by atoms with van der Waals surface area (Å²) >= 11 is 3.36. The van der Waals surface area contributed by atoms with Gasteiger partial charge in [0.2, 0.25) is 0 Å². The summed E-state index contributed by atoms with van der Waals surface area (Å²) in [6.45, 7) is 9.38. The predicted molar refractivity (Wildman–Crippen MR) is 112 cm³/mol. The molecule has 3 aromatic rings. The van der Waals surface area contributed by atoms with Crippen molar-refractivity contribution in [1.29, 1.82) is 0 Å². The van der Waals surface area contributed by atoms with Gasteiger partial charge in [0.1, 0.15) is 0 Å². The number of thiazole rings is 1. The van der Waals surface area contributed by atoms with E-state index >= 15 is 0 Å². The molecule has 0 aliphatic rings. The van der Waals surface area contributed by atoms with E-state index in [0.29, 0.717) is 5.56 Å². The van der Waals surface area contributed by atoms with Gasteiger partial charge in [0.05, 0.1) is 10.2 Å². The number of fused-ring (bicyclic) bond motifs is 1. The Morgan fingerprint density at radius 1 is 1.12 bits per heavy atom. The van der Waals surface area contributed by atoms with Gasteiger partial charge in [0.25, 0.3) is 5.91 Å². The highest BCUT2D eigenvalue weighted by Crippen LogP contribution is 2.22. The molecule has 2 aromatic carbocycles. The molecule has 1 heterocycles. The number of hydrogen-bond donors (Lipinski definition) is 0. The third-order valence-electron chi connectivity index (χ3n) is 4.35. The van der Waals surface area contributed by atoms with Gasteiger partial charge in [-0.3, -0.25) is 4.79 Å². The maximum Gasteiger partial charge on any atom is 0.279 e. The van der Waals surface area contributed by atoms with E-state index < -0.39 is 0 Å². The Labute approximate surface area is 162 Å². The number of aromatic nitrogens is 1. The SMILES string of the molecule is CCCn1c(=NC(=O)c2ccc(SCC)cc2)sc2cc(C)c(C)cc21. The summed E-state index contributed by atoms with van der Waals surface area (Å²) < 4.78 is 3.36. The zero-order valence-corrected chi connectivity index (χ0v) is 17.3. The molecule has 5 heteroatoms. The van der Waals surface area contributed by atoms with Crippen LogP contribution in [0.1, 0.15) is 41.8 Å². The largest absolute Gasteiger partial charge is 0.316 e. The maximum absolute atomic E-state index is 12.7. The van der Waals surface area contributed by atoms with Crippen LogP contribution in [-0.2, 0) is 6.54 Å². The van der Waals surface area contributed by atoms with E-state index in [9.17, 15) is 4.79 Å². The third-order valence-corrected chi connectivity index (χ3v) is 6.29. The Hall–Kier alpha value is -1.85. The average molecular weight is 385 g/mol. The Morgan fingerprint density at radius 2 is 1.81 bits per heavy atom. The number of nitrogens with zero attached hydrogens (tertiary/aromatic N) is 2. The van der Waals surface area contributed by atoms with Gasteiger partial charge in [-0.1, -0.05) is 25.2 Å². The van der Waals surface area contributed by atoms with Gasteiger partial charge in [0, 0.05) is 17.0 Å². The lowest BCUT2D eigenvalue weighted by Crippen LogP contribution is -2.16. The van der Waals surface area contributed by atoms with E-state index in [1.54, 1.807) is 23.1 Å². The van der Waals surface area contributed by atoms with Crippen LogP contribution in [0.15, 0.2) is 46.3 Å². The molecule has 0 spiro atoms. The van der Waals surface area contributed by atoms with Crippen molar-refractivity contribution < 1.29 is 4.79 Å². The topological polar surface area (TPSA) is 34.4 Å². The second kappa shape index (κ2) is 8.23. The van der Waals surface area contributed by atoms with Crippen molar-refractivity contribution in [3.63, 3.8) is 0 Å². The molecular weight excluding hydrogens is 360 g/mol. The highest BCUT2D eigenvalue weighted by molar-refractivity contribution is 7.99. The van der Waals surface area contributed by atoms with Crippen molar-refractivity contribution in [1.82, 2.24) is 4.57 Å². The van der Waals surface area contributed by atoms with Crippen LogP contribution in [-0.4, -0.2) is 16.2 Å². The molecule has 1 aromatic heterocycles. The first-order chi connectivity index (χ1) is 12.5. The van der Waals surface area contributed by atoms with E-state index in [4.69, 9.17) is 0 Å². The van der Waals surface area contributed by atoms with Crippen LogP contribution in [0.25, 0.3) is 10.2 Å². The first-order valence-corrected chi connectivity index (χ1v) is 10.8. The van der Waals surface area contributed by atoms with Gasteiger partial charge in [-0.05, 0) is 73.5 Å². The molecule has 0 fully saturated rings. The number of aryl methyl sites for hydroxylation is 3. The van der Waals surface area contributed by atoms with Crippen molar-refractivity contribution in [2.24, 2.45) is 4.99 Å². The predicted octanol–water partition coefficient (Wildman–Crippen LogP) is 5.58. The smallest absolute Gasteiger partial charge is 0.279 e. The maximum atomic E-state index is 12.7. The molecule has 3 nitrogen and oxygen atoms in total. The zero-order chi connectivity index (χ0) is 18.7. The molecular formula is C21H24N2OS2. The van der Waals surface area contributed by atoms with Crippen LogP contribution in [0.3, 0.4) is 0 Å². The average Bonchev–Trinajstić information content (AvgIpc) is 2.93. The molecule has 0 atom stereocenters. The van der Waals surface area contributed by atoms with Gasteiger partial charge in [0.15, 0.2) is 4.80 Å². The monoisotopic (exact) mass is 384 g/mol. The fourth-order valence-electron chi connectivity index (χ4n) is 2.86. The van der Waals surface area contributed by atoms with Crippen LogP contribution >= 0.6 is 23.1 Å². The van der Waals surface area contributed by atoms with Crippen molar-refractivity contribution in [3.8, 4) is 0 Å². The van der Waals surface area contributed by atoms with Gasteiger partial charge in [-0.25, -0.2) is 0 Å². The molecule has 1 amide bonds. The minimum absolute atomic E-state index is 0.178. The summed E-state index contributed by atoms with van der Waals surface area (Å²) in [5.41, 5.74) is 4.34. The number of carbonyl (C=O) groups is 1. The highest BCUT2D eigenvalue weighted by Gasteiger charge is 2.10. The summed E-state index contributed by atoms with van der Waals surface area (Å²) in [5, 5.41) is 0. The third kappa shape index (κ3) is 3.94. The van der Waals surface area contributed by atoms with Crippen LogP contribution in [0.2, 0.25) is 0 Å². The molecule has 0 N–H and O–H groups in total. The van der Waals surface area contributed by atoms with Gasteiger partial charge in [-0.15, -0.1) is 11.8 Å². The van der Waals surface area contributed by atoms with E-state index in [-0.39, 0.29) is 5.91 Å². The molecule has 0 aliphatic carbocycles. The highest BCUT2D eigenvalue weighted by atomic mass is 32.2. The zero-order valence-electron chi connectivity index (χ0n) is 15.7. The molecule has 0 unspecified atom stereocenters. The quantitative estimate of drug-likeness (QED) is 0.538. The summed E-state index contributed by atoms with van der Waals surface area (Å²) in [6.07, 6.45) is 1.00. The first-order valence-electron chi connectivity index (χ1n) is 8.96. The van der Waals surface area contributed by atoms with Gasteiger partial charge < -0.3 is 4.57 Å². The Balaban J connectivity index is 2.05. The lowest BCUT2D eigenvalue weighted by atomic mass is 10.1. The van der Waals surface area contributed by atoms with Crippen molar-refractivity contribution in [2.75, 3.05) is 5.75 Å². The summed E-state index contributed by atoms with van der Waals surface area (Å²) in [6, 6.07) is 12.1. The fourth-order valence-corrected chi connectivity index (χ4v) is 4.65. The number of carbonyl (C=O) groups excluding carboxylic acids is 1. The summed E-state index contributed by atoms with van der Waals surface area (Å²) in [7, 11) is 0. The number of hydrogen-bond acceptors (Lipinski definition) is 3. The molecule has 0 aliphatic heterocycles. The van der Waals surface area contributed by atoms with E-state index in [0.717, 1.165) is 23.5 Å². The Morgan fingerprint density at radius 3 is 2.46 bits per heavy atom. The summed E-state index contributed by atoms with van der Waals surface area (Å²) in [4.78, 5) is 19.1. The normalized spacial score (nSPS) is 12.1. The van der Waals surface area contributed by atoms with Crippen LogP contribution in [0.5, 0.6) is 0 Å². The Bertz CT molecular complexity index is 997. The molecule has 0 bridgehead atoms. The molecule has 0 saturated heterocycles. The van der Waals surface area contributed by atoms with Crippen LogP contribution in [0, 0.1) is 13.8 Å². The molecule has 136 valence electrons. The lowest BCUT2D eigenvalue weighted by molar-refractivity contribution is 0.0997. The summed E-state index contributed by atoms with van der Waals surface area (Å²) in [5.74, 6) is 0.845. The molecule has 0 saturated carbocycles. The van der Waals surface area contributed by atoms with Crippen molar-refractivity contribution in [2.45, 2.75) is 45.6 Å². The van der Waals surface area contributed by atoms with E-state index in [1.807, 2.05) is 24.3 Å². The second-order valence-corrected chi connectivity index (χ2v) is 8.66. The van der Waals surface area contributed by atoms with E-state index in [2.05, 4.69) is 49.4 Å². The van der Waals surface area contributed by atoms with Crippen LogP contribution in [0.4, 0.5) is 0 Å². The van der Waals surface area contributed by atoms with Crippen molar-refractivity contribution in [3.05, 3.63) is 57.9 Å². The minimum Gasteiger partial charge on any atom is -0.316 e. The van der Waals surface area contributed by atoms with Crippen molar-refractivity contribution >= 4 is 39.2 Å². The standard InChI is InChI=1S/C21H24N2OS2/c1-5-11-23-18-12-14(3)15(4)13-19(18)26-21(23)22-20(24)16-7-9-17(10-8-16)25-6-2/h7-10,12-13H,5-6,11H2,1-4H3. The minimum atomic E-state index is -0.178. The second-order valence-electron chi connectivity index (χ2n) is 6.31. The lowest BCUT2D eigenvalue weighted by Gasteiger charge is -2.05. The fraction of sp³-hybridized carbons (Fsp3) is 0.333. The number of rotatable bonds is 5. The van der Waals surface area contributed by atoms with E-state index in [1.165, 1.54) is 26.2 Å². The number of amides is 1. The van der Waals surface area contributed by atoms with Gasteiger partial charge >= 0.3 is 0 Å². The molecule has 26 heavy (non-hydrogen) atoms. The first kappa shape index (κ1) is 18.9. The number of thioether (sulfide) groups is 1. The Kier molecular flexibility index (Phi) is 5.99. The van der Waals surface area contributed by atoms with Gasteiger partial charge in [-0.2, -0.15) is 4.99 Å². The molecule has 0 radical (unpaired) electrons. The molecule has 3 rings (SSSR count). The number of benzene rings is 2. The van der Waals surface area contributed by atoms with Crippen LogP contribution < -0.4 is 4.80 Å².